The van der Waals surface area contributed by atoms with Gasteiger partial charge in [0.25, 0.3) is 0 Å². The number of nitrogens with two attached hydrogens (primary N) is 1. The highest BCUT2D eigenvalue weighted by molar-refractivity contribution is 7.10. The molecule has 5 nitrogen and oxygen atoms in total. The van der Waals surface area contributed by atoms with Gasteiger partial charge in [-0.05, 0) is 24.3 Å². The van der Waals surface area contributed by atoms with E-state index in [1.165, 1.54) is 4.88 Å². The van der Waals surface area contributed by atoms with Crippen LogP contribution in [0.2, 0.25) is 0 Å². The molecule has 0 fully saturated rings. The molecule has 3 rings (SSSR count). The van der Waals surface area contributed by atoms with Crippen molar-refractivity contribution in [3.05, 3.63) is 28.1 Å². The lowest BCUT2D eigenvalue weighted by atomic mass is 10.0. The molecule has 0 bridgehead atoms. The second kappa shape index (κ2) is 4.63. The fraction of sp³-hybridized carbons (Fsp3) is 0.429. The summed E-state index contributed by atoms with van der Waals surface area (Å²) in [5, 5.41) is 6.56. The summed E-state index contributed by atoms with van der Waals surface area (Å²) >= 11 is 1.75. The van der Waals surface area contributed by atoms with Crippen molar-refractivity contribution in [1.82, 2.24) is 19.3 Å². The van der Waals surface area contributed by atoms with Crippen molar-refractivity contribution in [3.63, 3.8) is 0 Å². The van der Waals surface area contributed by atoms with Crippen molar-refractivity contribution in [2.75, 3.05) is 5.73 Å². The normalized spacial score (nSPS) is 13.4. The van der Waals surface area contributed by atoms with E-state index in [-0.39, 0.29) is 6.04 Å². The molecule has 0 aliphatic rings. The first kappa shape index (κ1) is 13.2. The van der Waals surface area contributed by atoms with Crippen LogP contribution < -0.4 is 5.73 Å². The van der Waals surface area contributed by atoms with Gasteiger partial charge in [-0.25, -0.2) is 4.98 Å². The Labute approximate surface area is 122 Å². The molecular weight excluding hydrogens is 270 g/mol. The zero-order valence-electron chi connectivity index (χ0n) is 12.2. The number of thiophene rings is 1. The standard InChI is InChI=1S/C14H19N5S/c1-8(2)12(10-6-5-7-20-10)19-13-11(16-14(19)15)9(3)17-18(13)4/h5-8,12H,1-4H3,(H2,15,16). The molecule has 0 radical (unpaired) electrons. The van der Waals surface area contributed by atoms with Gasteiger partial charge in [-0.2, -0.15) is 5.10 Å². The largest absolute Gasteiger partial charge is 0.369 e. The summed E-state index contributed by atoms with van der Waals surface area (Å²) in [5.41, 5.74) is 9.00. The highest BCUT2D eigenvalue weighted by Crippen LogP contribution is 2.35. The molecule has 106 valence electrons. The topological polar surface area (TPSA) is 61.7 Å². The van der Waals surface area contributed by atoms with Crippen molar-refractivity contribution < 1.29 is 0 Å². The van der Waals surface area contributed by atoms with Gasteiger partial charge in [0.1, 0.15) is 5.52 Å². The highest BCUT2D eigenvalue weighted by Gasteiger charge is 2.26. The number of imidazole rings is 1. The summed E-state index contributed by atoms with van der Waals surface area (Å²) in [6, 6.07) is 4.42. The van der Waals surface area contributed by atoms with Crippen molar-refractivity contribution >= 4 is 28.4 Å². The van der Waals surface area contributed by atoms with Crippen molar-refractivity contribution in [2.45, 2.75) is 26.8 Å². The SMILES string of the molecule is Cc1nn(C)c2c1nc(N)n2C(c1cccs1)C(C)C. The van der Waals surface area contributed by atoms with E-state index in [1.54, 1.807) is 11.3 Å². The Bertz CT molecular complexity index is 735. The maximum Gasteiger partial charge on any atom is 0.203 e. The number of nitrogen functional groups attached to an aromatic ring is 1. The Kier molecular flexibility index (Phi) is 3.05. The van der Waals surface area contributed by atoms with E-state index < -0.39 is 0 Å². The Morgan fingerprint density at radius 1 is 1.35 bits per heavy atom. The third kappa shape index (κ3) is 1.83. The van der Waals surface area contributed by atoms with Gasteiger partial charge in [0, 0.05) is 11.9 Å². The number of fused-ring (bicyclic) bond motifs is 1. The number of anilines is 1. The molecule has 3 aromatic heterocycles. The first-order chi connectivity index (χ1) is 9.50. The minimum atomic E-state index is 0.190. The third-order valence-corrected chi connectivity index (χ3v) is 4.55. The molecule has 3 aromatic rings. The van der Waals surface area contributed by atoms with E-state index in [4.69, 9.17) is 5.73 Å². The summed E-state index contributed by atoms with van der Waals surface area (Å²) in [4.78, 5) is 5.80. The molecule has 0 saturated carbocycles. The lowest BCUT2D eigenvalue weighted by molar-refractivity contribution is 0.451. The molecule has 6 heteroatoms. The number of rotatable bonds is 3. The molecule has 1 unspecified atom stereocenters. The Hall–Kier alpha value is -1.82. The fourth-order valence-corrected chi connectivity index (χ4v) is 3.79. The number of hydrogen-bond donors (Lipinski definition) is 1. The van der Waals surface area contributed by atoms with Gasteiger partial charge in [0.05, 0.1) is 11.7 Å². The Morgan fingerprint density at radius 2 is 2.10 bits per heavy atom. The average Bonchev–Trinajstić information content (AvgIpc) is 3.03. The molecule has 0 saturated heterocycles. The predicted molar refractivity (Wildman–Crippen MR) is 82.9 cm³/mol. The fourth-order valence-electron chi connectivity index (χ4n) is 2.80. The van der Waals surface area contributed by atoms with E-state index in [2.05, 4.69) is 46.0 Å². The summed E-state index contributed by atoms with van der Waals surface area (Å²) in [6.45, 7) is 6.38. The number of aromatic nitrogens is 4. The van der Waals surface area contributed by atoms with Crippen LogP contribution in [0.15, 0.2) is 17.5 Å². The molecule has 1 atom stereocenters. The number of hydrogen-bond acceptors (Lipinski definition) is 4. The molecule has 0 amide bonds. The maximum absolute atomic E-state index is 6.20. The maximum atomic E-state index is 6.20. The van der Waals surface area contributed by atoms with Crippen LogP contribution in [-0.4, -0.2) is 19.3 Å². The van der Waals surface area contributed by atoms with Crippen LogP contribution in [0, 0.1) is 12.8 Å². The summed E-state index contributed by atoms with van der Waals surface area (Å²) in [6.07, 6.45) is 0. The molecule has 20 heavy (non-hydrogen) atoms. The van der Waals surface area contributed by atoms with E-state index >= 15 is 0 Å². The van der Waals surface area contributed by atoms with Gasteiger partial charge < -0.3 is 5.73 Å². The molecule has 0 aliphatic carbocycles. The van der Waals surface area contributed by atoms with Crippen molar-refractivity contribution in [2.24, 2.45) is 13.0 Å². The zero-order chi connectivity index (χ0) is 14.4. The van der Waals surface area contributed by atoms with E-state index in [0.29, 0.717) is 11.9 Å². The lowest BCUT2D eigenvalue weighted by Gasteiger charge is -2.23. The van der Waals surface area contributed by atoms with Crippen LogP contribution in [0.5, 0.6) is 0 Å². The summed E-state index contributed by atoms with van der Waals surface area (Å²) < 4.78 is 3.99. The first-order valence-electron chi connectivity index (χ1n) is 6.71. The smallest absolute Gasteiger partial charge is 0.203 e. The first-order valence-corrected chi connectivity index (χ1v) is 7.59. The van der Waals surface area contributed by atoms with Gasteiger partial charge in [-0.15, -0.1) is 11.3 Å². The van der Waals surface area contributed by atoms with Crippen molar-refractivity contribution in [3.8, 4) is 0 Å². The van der Waals surface area contributed by atoms with Crippen LogP contribution in [0.4, 0.5) is 5.95 Å². The van der Waals surface area contributed by atoms with Crippen LogP contribution in [0.3, 0.4) is 0 Å². The second-order valence-corrected chi connectivity index (χ2v) is 6.40. The zero-order valence-corrected chi connectivity index (χ0v) is 13.0. The van der Waals surface area contributed by atoms with Gasteiger partial charge in [0.15, 0.2) is 5.65 Å². The Morgan fingerprint density at radius 3 is 2.70 bits per heavy atom. The number of nitrogens with zero attached hydrogens (tertiary/aromatic N) is 4. The van der Waals surface area contributed by atoms with Gasteiger partial charge in [-0.1, -0.05) is 19.9 Å². The molecular formula is C14H19N5S. The average molecular weight is 289 g/mol. The minimum Gasteiger partial charge on any atom is -0.369 e. The van der Waals surface area contributed by atoms with E-state index in [0.717, 1.165) is 16.9 Å². The van der Waals surface area contributed by atoms with Gasteiger partial charge in [-0.3, -0.25) is 9.25 Å². The van der Waals surface area contributed by atoms with Crippen LogP contribution in [0.1, 0.15) is 30.5 Å². The van der Waals surface area contributed by atoms with Crippen LogP contribution >= 0.6 is 11.3 Å². The molecule has 0 aromatic carbocycles. The number of aryl methyl sites for hydroxylation is 2. The highest BCUT2D eigenvalue weighted by atomic mass is 32.1. The quantitative estimate of drug-likeness (QED) is 0.806. The third-order valence-electron chi connectivity index (χ3n) is 3.61. The van der Waals surface area contributed by atoms with Gasteiger partial charge in [0.2, 0.25) is 5.95 Å². The Balaban J connectivity index is 2.29. The van der Waals surface area contributed by atoms with E-state index in [9.17, 15) is 0 Å². The molecule has 0 spiro atoms. The molecule has 3 heterocycles. The van der Waals surface area contributed by atoms with Crippen molar-refractivity contribution in [1.29, 1.82) is 0 Å². The predicted octanol–water partition coefficient (Wildman–Crippen LogP) is 2.97. The molecule has 0 aliphatic heterocycles. The molecule has 2 N–H and O–H groups in total. The van der Waals surface area contributed by atoms with Gasteiger partial charge >= 0.3 is 0 Å². The second-order valence-electron chi connectivity index (χ2n) is 5.43. The summed E-state index contributed by atoms with van der Waals surface area (Å²) in [5.74, 6) is 0.978. The van der Waals surface area contributed by atoms with E-state index in [1.807, 2.05) is 18.7 Å². The minimum absolute atomic E-state index is 0.190. The summed E-state index contributed by atoms with van der Waals surface area (Å²) in [7, 11) is 1.94. The lowest BCUT2D eigenvalue weighted by Crippen LogP contribution is -2.19. The van der Waals surface area contributed by atoms with Crippen LogP contribution in [0.25, 0.3) is 11.2 Å². The monoisotopic (exact) mass is 289 g/mol. The van der Waals surface area contributed by atoms with Crippen LogP contribution in [-0.2, 0) is 7.05 Å².